The number of rotatable bonds is 5. The van der Waals surface area contributed by atoms with Gasteiger partial charge in [0.1, 0.15) is 5.65 Å². The molecule has 184 valence electrons. The number of fused-ring (bicyclic) bond motifs is 2. The van der Waals surface area contributed by atoms with Crippen LogP contribution >= 0.6 is 11.3 Å². The van der Waals surface area contributed by atoms with Crippen LogP contribution in [0, 0.1) is 11.0 Å². The molecule has 1 fully saturated rings. The molecule has 9 heteroatoms. The molecule has 0 amide bonds. The molecular formula is C28H24FN7S. The molecule has 6 aromatic heterocycles. The molecule has 2 N–H and O–H groups in total. The maximum atomic E-state index is 13.7. The molecule has 0 bridgehead atoms. The van der Waals surface area contributed by atoms with Crippen molar-refractivity contribution in [1.29, 1.82) is 0 Å². The van der Waals surface area contributed by atoms with Crippen LogP contribution in [0.1, 0.15) is 18.9 Å². The molecule has 37 heavy (non-hydrogen) atoms. The first-order chi connectivity index (χ1) is 18.1. The van der Waals surface area contributed by atoms with Crippen molar-refractivity contribution in [3.63, 3.8) is 0 Å². The lowest BCUT2D eigenvalue weighted by Gasteiger charge is -2.15. The Bertz CT molecular complexity index is 1750. The van der Waals surface area contributed by atoms with Crippen LogP contribution in [0.5, 0.6) is 0 Å². The summed E-state index contributed by atoms with van der Waals surface area (Å²) >= 11 is 1.13. The number of likely N-dealkylation sites (tertiary alicyclic amines) is 1. The molecular weight excluding hydrogens is 485 g/mol. The van der Waals surface area contributed by atoms with Crippen molar-refractivity contribution in [3.8, 4) is 33.0 Å². The normalized spacial score (nSPS) is 16.3. The summed E-state index contributed by atoms with van der Waals surface area (Å²) in [5, 5.41) is 9.21. The summed E-state index contributed by atoms with van der Waals surface area (Å²) in [5.41, 5.74) is 7.24. The molecule has 7 rings (SSSR count). The molecule has 7 nitrogen and oxygen atoms in total. The second-order valence-electron chi connectivity index (χ2n) is 9.81. The average molecular weight is 510 g/mol. The summed E-state index contributed by atoms with van der Waals surface area (Å²) in [6, 6.07) is 11.6. The van der Waals surface area contributed by atoms with Crippen molar-refractivity contribution in [2.45, 2.75) is 19.9 Å². The Balaban J connectivity index is 1.26. The molecule has 0 radical (unpaired) electrons. The van der Waals surface area contributed by atoms with Crippen LogP contribution in [0.25, 0.3) is 55.0 Å². The summed E-state index contributed by atoms with van der Waals surface area (Å²) in [6.07, 6.45) is 8.69. The predicted octanol–water partition coefficient (Wildman–Crippen LogP) is 6.27. The number of nitrogens with one attached hydrogen (secondary N) is 2. The van der Waals surface area contributed by atoms with E-state index in [1.165, 1.54) is 18.1 Å². The summed E-state index contributed by atoms with van der Waals surface area (Å²) in [6.45, 7) is 5.50. The lowest BCUT2D eigenvalue weighted by Crippen LogP contribution is -2.19. The minimum atomic E-state index is -0.206. The molecule has 1 aliphatic rings. The Hall–Kier alpha value is -3.95. The SMILES string of the molecule is CC1CCN(Cc2cncc(-c3cnc4n[nH]c(-c5cc6c(-c7ccc(F)s7)ccnc6[nH]5)c4c3)c2)C1. The first-order valence-corrected chi connectivity index (χ1v) is 13.2. The number of H-pyrrole nitrogens is 2. The van der Waals surface area contributed by atoms with Crippen molar-refractivity contribution in [2.75, 3.05) is 13.1 Å². The van der Waals surface area contributed by atoms with Crippen molar-refractivity contribution in [2.24, 2.45) is 5.92 Å². The zero-order valence-electron chi connectivity index (χ0n) is 20.2. The Labute approximate surface area is 216 Å². The van der Waals surface area contributed by atoms with Gasteiger partial charge in [0.2, 0.25) is 0 Å². The fourth-order valence-corrected chi connectivity index (χ4v) is 6.03. The zero-order valence-corrected chi connectivity index (χ0v) is 21.0. The number of pyridine rings is 3. The van der Waals surface area contributed by atoms with E-state index >= 15 is 0 Å². The molecule has 6 aromatic rings. The number of thiophene rings is 1. The number of hydrogen-bond donors (Lipinski definition) is 2. The highest BCUT2D eigenvalue weighted by Gasteiger charge is 2.19. The smallest absolute Gasteiger partial charge is 0.181 e. The molecule has 0 spiro atoms. The van der Waals surface area contributed by atoms with E-state index in [0.29, 0.717) is 5.65 Å². The fraction of sp³-hybridized carbons (Fsp3) is 0.214. The van der Waals surface area contributed by atoms with Gasteiger partial charge in [0.15, 0.2) is 10.8 Å². The average Bonchev–Trinajstić information content (AvgIpc) is 3.70. The van der Waals surface area contributed by atoms with E-state index in [0.717, 1.165) is 86.3 Å². The highest BCUT2D eigenvalue weighted by Crippen LogP contribution is 2.36. The second-order valence-corrected chi connectivity index (χ2v) is 10.8. The molecule has 0 aliphatic carbocycles. The minimum Gasteiger partial charge on any atom is -0.338 e. The fourth-order valence-electron chi connectivity index (χ4n) is 5.26. The predicted molar refractivity (Wildman–Crippen MR) is 145 cm³/mol. The number of nitrogens with zero attached hydrogens (tertiary/aromatic N) is 5. The number of aromatic nitrogens is 6. The summed E-state index contributed by atoms with van der Waals surface area (Å²) < 4.78 is 13.7. The summed E-state index contributed by atoms with van der Waals surface area (Å²) in [5.74, 6) is 0.754. The van der Waals surface area contributed by atoms with Gasteiger partial charge in [-0.05, 0) is 60.8 Å². The van der Waals surface area contributed by atoms with E-state index in [-0.39, 0.29) is 5.13 Å². The Kier molecular flexibility index (Phi) is 5.33. The maximum absolute atomic E-state index is 13.7. The number of hydrogen-bond acceptors (Lipinski definition) is 6. The van der Waals surface area contributed by atoms with Gasteiger partial charge in [0.05, 0.1) is 11.4 Å². The van der Waals surface area contributed by atoms with E-state index in [9.17, 15) is 4.39 Å². The Morgan fingerprint density at radius 2 is 1.97 bits per heavy atom. The quantitative estimate of drug-likeness (QED) is 0.286. The Morgan fingerprint density at radius 3 is 2.81 bits per heavy atom. The molecule has 1 saturated heterocycles. The zero-order chi connectivity index (χ0) is 24.9. The van der Waals surface area contributed by atoms with Crippen molar-refractivity contribution in [1.82, 2.24) is 35.0 Å². The van der Waals surface area contributed by atoms with Gasteiger partial charge in [-0.1, -0.05) is 6.92 Å². The van der Waals surface area contributed by atoms with Crippen molar-refractivity contribution < 1.29 is 4.39 Å². The third-order valence-electron chi connectivity index (χ3n) is 7.09. The number of aromatic amines is 2. The minimum absolute atomic E-state index is 0.206. The van der Waals surface area contributed by atoms with Crippen LogP contribution in [-0.2, 0) is 6.54 Å². The first-order valence-electron chi connectivity index (χ1n) is 12.4. The van der Waals surface area contributed by atoms with E-state index < -0.39 is 0 Å². The standard InChI is InChI=1S/C28H24FN7S/c1-16-5-7-36(14-16)15-17-8-18(12-30-11-17)19-9-22-26(34-35-28(22)32-13-19)23-10-21-20(4-6-31-27(21)33-23)24-2-3-25(29)37-24/h2-4,6,8-13,16H,5,7,14-15H2,1H3,(H,31,33)(H,32,34,35). The maximum Gasteiger partial charge on any atom is 0.181 e. The van der Waals surface area contributed by atoms with E-state index in [1.807, 2.05) is 30.7 Å². The van der Waals surface area contributed by atoms with Gasteiger partial charge < -0.3 is 4.98 Å². The van der Waals surface area contributed by atoms with Gasteiger partial charge in [-0.2, -0.15) is 9.49 Å². The van der Waals surface area contributed by atoms with Gasteiger partial charge in [0, 0.05) is 70.2 Å². The lowest BCUT2D eigenvalue weighted by molar-refractivity contribution is 0.320. The van der Waals surface area contributed by atoms with Crippen LogP contribution < -0.4 is 0 Å². The molecule has 1 unspecified atom stereocenters. The van der Waals surface area contributed by atoms with Crippen LogP contribution in [0.15, 0.2) is 61.2 Å². The van der Waals surface area contributed by atoms with Gasteiger partial charge in [-0.3, -0.25) is 15.0 Å². The van der Waals surface area contributed by atoms with Gasteiger partial charge in [-0.25, -0.2) is 9.97 Å². The van der Waals surface area contributed by atoms with Gasteiger partial charge in [0.25, 0.3) is 0 Å². The topological polar surface area (TPSA) is 86.4 Å². The number of halogens is 1. The molecule has 0 aromatic carbocycles. The summed E-state index contributed by atoms with van der Waals surface area (Å²) in [4.78, 5) is 20.4. The molecule has 0 saturated carbocycles. The van der Waals surface area contributed by atoms with Crippen molar-refractivity contribution >= 4 is 33.4 Å². The Morgan fingerprint density at radius 1 is 1.05 bits per heavy atom. The first kappa shape index (κ1) is 22.3. The second kappa shape index (κ2) is 8.86. The van der Waals surface area contributed by atoms with E-state index in [4.69, 9.17) is 0 Å². The molecule has 1 aliphatic heterocycles. The largest absolute Gasteiger partial charge is 0.338 e. The third kappa shape index (κ3) is 4.10. The van der Waals surface area contributed by atoms with E-state index in [1.54, 1.807) is 12.3 Å². The lowest BCUT2D eigenvalue weighted by atomic mass is 10.1. The van der Waals surface area contributed by atoms with Crippen LogP contribution in [0.4, 0.5) is 4.39 Å². The van der Waals surface area contributed by atoms with Crippen LogP contribution in [0.3, 0.4) is 0 Å². The highest BCUT2D eigenvalue weighted by atomic mass is 32.1. The van der Waals surface area contributed by atoms with Gasteiger partial charge >= 0.3 is 0 Å². The van der Waals surface area contributed by atoms with Crippen molar-refractivity contribution in [3.05, 3.63) is 71.9 Å². The van der Waals surface area contributed by atoms with Gasteiger partial charge in [-0.15, -0.1) is 11.3 Å². The molecule has 7 heterocycles. The molecule has 1 atom stereocenters. The third-order valence-corrected chi connectivity index (χ3v) is 8.00. The van der Waals surface area contributed by atoms with Crippen LogP contribution in [-0.4, -0.2) is 48.1 Å². The monoisotopic (exact) mass is 509 g/mol. The summed E-state index contributed by atoms with van der Waals surface area (Å²) in [7, 11) is 0. The van der Waals surface area contributed by atoms with E-state index in [2.05, 4.69) is 54.1 Å². The highest BCUT2D eigenvalue weighted by molar-refractivity contribution is 7.14. The van der Waals surface area contributed by atoms with Crippen LogP contribution in [0.2, 0.25) is 0 Å².